The summed E-state index contributed by atoms with van der Waals surface area (Å²) in [7, 11) is 0. The number of aromatic nitrogens is 2. The summed E-state index contributed by atoms with van der Waals surface area (Å²) in [5.74, 6) is 0.804. The van der Waals surface area contributed by atoms with E-state index in [0.717, 1.165) is 78.5 Å². The van der Waals surface area contributed by atoms with E-state index in [9.17, 15) is 0 Å². The van der Waals surface area contributed by atoms with Crippen LogP contribution >= 0.6 is 0 Å². The van der Waals surface area contributed by atoms with Crippen LogP contribution in [0.4, 0.5) is 0 Å². The van der Waals surface area contributed by atoms with Crippen molar-refractivity contribution in [3.63, 3.8) is 0 Å². The largest absolute Gasteiger partial charge is 0.455 e. The lowest BCUT2D eigenvalue weighted by Crippen LogP contribution is -2.05. The van der Waals surface area contributed by atoms with Crippen molar-refractivity contribution in [1.29, 1.82) is 0 Å². The molecule has 7 aromatic carbocycles. The Morgan fingerprint density at radius 3 is 1.95 bits per heavy atom. The molecule has 11 rings (SSSR count). The zero-order valence-corrected chi connectivity index (χ0v) is 30.5. The molecule has 1 atom stereocenters. The molecule has 0 spiro atoms. The Bertz CT molecular complexity index is 3350. The molecule has 0 amide bonds. The molecule has 10 aromatic rings. The van der Waals surface area contributed by atoms with Crippen LogP contribution in [0.25, 0.3) is 104 Å². The average molecular weight is 719 g/mol. The normalized spacial score (nSPS) is 14.6. The Balaban J connectivity index is 1.14. The van der Waals surface area contributed by atoms with E-state index in [1.54, 1.807) is 12.2 Å². The van der Waals surface area contributed by atoms with Gasteiger partial charge in [0, 0.05) is 33.2 Å². The van der Waals surface area contributed by atoms with Crippen molar-refractivity contribution < 1.29 is 8.83 Å². The molecule has 4 nitrogen and oxygen atoms in total. The zero-order chi connectivity index (χ0) is 37.3. The molecule has 1 unspecified atom stereocenters. The molecule has 0 saturated heterocycles. The number of fused-ring (bicyclic) bond motifs is 12. The molecule has 0 saturated carbocycles. The van der Waals surface area contributed by atoms with E-state index < -0.39 is 0 Å². The molecule has 1 aliphatic carbocycles. The number of furan rings is 2. The second kappa shape index (κ2) is 12.6. The number of rotatable bonds is 6. The Labute approximate surface area is 322 Å². The standard InChI is InChI=1S/C52H34N2O2/c1-3-14-31(4-2)48-51-49(54-52(53-48)32-15-6-5-7-16-32)44-30-34(24-28-46(44)56-51)36-27-26-35(47-42-21-12-13-22-45(42)55-50(36)47)33-23-25-41-39-19-9-8-17-37(39)38-18-10-11-20-40(38)43(41)29-33/h3-15,17-30,32H,1-2,16H2/b31-14+. The van der Waals surface area contributed by atoms with Gasteiger partial charge in [0.25, 0.3) is 0 Å². The monoisotopic (exact) mass is 718 g/mol. The number of para-hydroxylation sites is 1. The highest BCUT2D eigenvalue weighted by atomic mass is 16.3. The molecule has 4 heteroatoms. The van der Waals surface area contributed by atoms with Crippen molar-refractivity contribution in [3.05, 3.63) is 189 Å². The van der Waals surface area contributed by atoms with Crippen molar-refractivity contribution >= 4 is 81.9 Å². The van der Waals surface area contributed by atoms with Crippen molar-refractivity contribution in [1.82, 2.24) is 9.97 Å². The lowest BCUT2D eigenvalue weighted by Gasteiger charge is -2.13. The first-order chi connectivity index (χ1) is 27.7. The first-order valence-electron chi connectivity index (χ1n) is 19.0. The summed E-state index contributed by atoms with van der Waals surface area (Å²) < 4.78 is 13.3. The van der Waals surface area contributed by atoms with Gasteiger partial charge in [0.05, 0.1) is 0 Å². The van der Waals surface area contributed by atoms with Gasteiger partial charge in [-0.3, -0.25) is 0 Å². The average Bonchev–Trinajstić information content (AvgIpc) is 3.84. The minimum atomic E-state index is 0.0561. The highest BCUT2D eigenvalue weighted by Crippen LogP contribution is 2.45. The van der Waals surface area contributed by atoms with Gasteiger partial charge in [-0.1, -0.05) is 147 Å². The second-order valence-corrected chi connectivity index (χ2v) is 14.5. The fourth-order valence-electron chi connectivity index (χ4n) is 8.70. The van der Waals surface area contributed by atoms with Gasteiger partial charge in [0.15, 0.2) is 5.58 Å². The van der Waals surface area contributed by atoms with Gasteiger partial charge in [-0.05, 0) is 85.8 Å². The predicted octanol–water partition coefficient (Wildman–Crippen LogP) is 14.4. The number of allylic oxidation sites excluding steroid dienone is 8. The van der Waals surface area contributed by atoms with E-state index >= 15 is 0 Å². The number of hydrogen-bond donors (Lipinski definition) is 0. The molecule has 1 aliphatic rings. The lowest BCUT2D eigenvalue weighted by molar-refractivity contribution is 0.660. The van der Waals surface area contributed by atoms with Gasteiger partial charge < -0.3 is 8.83 Å². The Kier molecular flexibility index (Phi) is 7.26. The van der Waals surface area contributed by atoms with E-state index in [2.05, 4.69) is 147 Å². The van der Waals surface area contributed by atoms with Crippen LogP contribution in [0.5, 0.6) is 0 Å². The highest BCUT2D eigenvalue weighted by Gasteiger charge is 2.23. The fraction of sp³-hybridized carbons (Fsp3) is 0.0385. The summed E-state index contributed by atoms with van der Waals surface area (Å²) in [6.07, 6.45) is 14.7. The van der Waals surface area contributed by atoms with Crippen LogP contribution in [0.1, 0.15) is 23.9 Å². The van der Waals surface area contributed by atoms with Crippen molar-refractivity contribution in [2.24, 2.45) is 0 Å². The maximum atomic E-state index is 6.80. The highest BCUT2D eigenvalue weighted by molar-refractivity contribution is 6.26. The van der Waals surface area contributed by atoms with Crippen molar-refractivity contribution in [2.75, 3.05) is 0 Å². The lowest BCUT2D eigenvalue weighted by atomic mass is 9.90. The first-order valence-corrected chi connectivity index (χ1v) is 19.0. The van der Waals surface area contributed by atoms with E-state index in [1.165, 1.54) is 32.3 Å². The minimum absolute atomic E-state index is 0.0561. The van der Waals surface area contributed by atoms with E-state index in [0.29, 0.717) is 11.3 Å². The molecule has 3 aromatic heterocycles. The third-order valence-electron chi connectivity index (χ3n) is 11.3. The Morgan fingerprint density at radius 2 is 1.21 bits per heavy atom. The topological polar surface area (TPSA) is 52.1 Å². The van der Waals surface area contributed by atoms with Gasteiger partial charge >= 0.3 is 0 Å². The van der Waals surface area contributed by atoms with Gasteiger partial charge in [-0.2, -0.15) is 0 Å². The summed E-state index contributed by atoms with van der Waals surface area (Å²) in [6.45, 7) is 8.00. The van der Waals surface area contributed by atoms with Crippen LogP contribution in [-0.2, 0) is 0 Å². The van der Waals surface area contributed by atoms with Crippen LogP contribution in [0.15, 0.2) is 186 Å². The van der Waals surface area contributed by atoms with Gasteiger partial charge in [-0.25, -0.2) is 9.97 Å². The summed E-state index contributed by atoms with van der Waals surface area (Å²) >= 11 is 0. The molecule has 0 N–H and O–H groups in total. The molecule has 0 aliphatic heterocycles. The van der Waals surface area contributed by atoms with Crippen LogP contribution < -0.4 is 0 Å². The van der Waals surface area contributed by atoms with Crippen LogP contribution in [0.3, 0.4) is 0 Å². The molecule has 264 valence electrons. The number of benzene rings is 7. The fourth-order valence-corrected chi connectivity index (χ4v) is 8.70. The summed E-state index contributed by atoms with van der Waals surface area (Å²) in [4.78, 5) is 10.2. The van der Waals surface area contributed by atoms with Gasteiger partial charge in [0.1, 0.15) is 33.8 Å². The molecule has 0 bridgehead atoms. The minimum Gasteiger partial charge on any atom is -0.455 e. The summed E-state index contributed by atoms with van der Waals surface area (Å²) in [5.41, 5.74) is 9.67. The number of hydrogen-bond acceptors (Lipinski definition) is 4. The Hall–Kier alpha value is -7.30. The smallest absolute Gasteiger partial charge is 0.180 e. The van der Waals surface area contributed by atoms with Crippen LogP contribution in [0.2, 0.25) is 0 Å². The SMILES string of the molecule is C=C/C=C(\C=C)c1nc(C2C=CC=CC2)nc2c1oc1ccc(-c3ccc(-c4ccc5c6ccccc6c6ccccc6c5c4)c4c3oc3ccccc34)cc12. The molecule has 3 heterocycles. The Morgan fingerprint density at radius 1 is 0.589 bits per heavy atom. The predicted molar refractivity (Wildman–Crippen MR) is 234 cm³/mol. The van der Waals surface area contributed by atoms with Crippen molar-refractivity contribution in [2.45, 2.75) is 12.3 Å². The van der Waals surface area contributed by atoms with Crippen LogP contribution in [-0.4, -0.2) is 9.97 Å². The maximum absolute atomic E-state index is 6.80. The summed E-state index contributed by atoms with van der Waals surface area (Å²) in [5, 5.41) is 10.6. The van der Waals surface area contributed by atoms with E-state index in [1.807, 2.05) is 18.2 Å². The van der Waals surface area contributed by atoms with Gasteiger partial charge in [-0.15, -0.1) is 0 Å². The van der Waals surface area contributed by atoms with Crippen LogP contribution in [0, 0.1) is 0 Å². The number of nitrogens with zero attached hydrogens (tertiary/aromatic N) is 2. The van der Waals surface area contributed by atoms with E-state index in [4.69, 9.17) is 18.8 Å². The molecule has 56 heavy (non-hydrogen) atoms. The molecule has 0 fully saturated rings. The van der Waals surface area contributed by atoms with Crippen molar-refractivity contribution in [3.8, 4) is 22.3 Å². The van der Waals surface area contributed by atoms with Gasteiger partial charge in [0.2, 0.25) is 0 Å². The third kappa shape index (κ3) is 4.86. The van der Waals surface area contributed by atoms with E-state index in [-0.39, 0.29) is 5.92 Å². The second-order valence-electron chi connectivity index (χ2n) is 14.5. The third-order valence-corrected chi connectivity index (χ3v) is 11.3. The summed E-state index contributed by atoms with van der Waals surface area (Å²) in [6, 6.07) is 43.4. The zero-order valence-electron chi connectivity index (χ0n) is 30.5. The molecule has 0 radical (unpaired) electrons. The first kappa shape index (κ1) is 32.2. The maximum Gasteiger partial charge on any atom is 0.180 e. The molecular weight excluding hydrogens is 685 g/mol. The molecular formula is C52H34N2O2. The quantitative estimate of drug-likeness (QED) is 0.127.